The van der Waals surface area contributed by atoms with Crippen LogP contribution in [0.1, 0.15) is 21.6 Å². The van der Waals surface area contributed by atoms with E-state index in [1.165, 1.54) is 0 Å². The van der Waals surface area contributed by atoms with Gasteiger partial charge in [0.15, 0.2) is 0 Å². The van der Waals surface area contributed by atoms with Gasteiger partial charge in [-0.1, -0.05) is 18.2 Å². The summed E-state index contributed by atoms with van der Waals surface area (Å²) in [6, 6.07) is 13.0. The molecule has 0 atom stereocenters. The van der Waals surface area contributed by atoms with Crippen LogP contribution < -0.4 is 11.3 Å². The van der Waals surface area contributed by atoms with Crippen molar-refractivity contribution in [2.24, 2.45) is 5.84 Å². The van der Waals surface area contributed by atoms with E-state index in [9.17, 15) is 4.79 Å². The van der Waals surface area contributed by atoms with Crippen molar-refractivity contribution in [3.63, 3.8) is 0 Å². The van der Waals surface area contributed by atoms with Crippen LogP contribution in [0.2, 0.25) is 0 Å². The topological polar surface area (TPSA) is 77.2 Å². The van der Waals surface area contributed by atoms with E-state index in [0.29, 0.717) is 18.8 Å². The van der Waals surface area contributed by atoms with Crippen molar-refractivity contribution in [1.82, 2.24) is 10.4 Å². The van der Waals surface area contributed by atoms with Crippen LogP contribution in [0, 0.1) is 0 Å². The predicted octanol–water partition coefficient (Wildman–Crippen LogP) is 1.44. The molecule has 0 aliphatic heterocycles. The Morgan fingerprint density at radius 3 is 2.65 bits per heavy atom. The fourth-order valence-electron chi connectivity index (χ4n) is 1.75. The molecule has 0 unspecified atom stereocenters. The summed E-state index contributed by atoms with van der Waals surface area (Å²) < 4.78 is 5.59. The number of nitrogen functional groups attached to an aromatic ring is 1. The predicted molar refractivity (Wildman–Crippen MR) is 75.7 cm³/mol. The molecule has 0 radical (unpaired) electrons. The van der Waals surface area contributed by atoms with Gasteiger partial charge in [0, 0.05) is 23.9 Å². The van der Waals surface area contributed by atoms with Crippen LogP contribution in [0.3, 0.4) is 0 Å². The largest absolute Gasteiger partial charge is 0.376 e. The molecular weight excluding hydrogens is 254 g/mol. The zero-order valence-corrected chi connectivity index (χ0v) is 11.1. The number of pyridine rings is 1. The molecule has 0 aliphatic carbocycles. The number of rotatable bonds is 6. The SMILES string of the molecule is NNC(=O)c1ccc(COCCc2ccccn2)cc1. The fourth-order valence-corrected chi connectivity index (χ4v) is 1.75. The van der Waals surface area contributed by atoms with Crippen LogP contribution in [0.4, 0.5) is 0 Å². The first-order chi connectivity index (χ1) is 9.79. The Balaban J connectivity index is 1.75. The lowest BCUT2D eigenvalue weighted by Crippen LogP contribution is -2.29. The normalized spacial score (nSPS) is 10.2. The van der Waals surface area contributed by atoms with Gasteiger partial charge in [0.25, 0.3) is 5.91 Å². The third kappa shape index (κ3) is 4.15. The highest BCUT2D eigenvalue weighted by atomic mass is 16.5. The molecule has 2 rings (SSSR count). The van der Waals surface area contributed by atoms with Crippen molar-refractivity contribution < 1.29 is 9.53 Å². The summed E-state index contributed by atoms with van der Waals surface area (Å²) in [5.41, 5.74) is 4.66. The van der Waals surface area contributed by atoms with Gasteiger partial charge in [-0.15, -0.1) is 0 Å². The van der Waals surface area contributed by atoms with E-state index in [2.05, 4.69) is 10.4 Å². The third-order valence-electron chi connectivity index (χ3n) is 2.84. The Morgan fingerprint density at radius 1 is 1.20 bits per heavy atom. The first kappa shape index (κ1) is 14.2. The number of amides is 1. The van der Waals surface area contributed by atoms with Crippen LogP contribution in [-0.2, 0) is 17.8 Å². The summed E-state index contributed by atoms with van der Waals surface area (Å²) in [6.45, 7) is 1.12. The van der Waals surface area contributed by atoms with E-state index >= 15 is 0 Å². The van der Waals surface area contributed by atoms with Gasteiger partial charge >= 0.3 is 0 Å². The van der Waals surface area contributed by atoms with E-state index in [4.69, 9.17) is 10.6 Å². The molecule has 0 aliphatic rings. The van der Waals surface area contributed by atoms with E-state index in [0.717, 1.165) is 17.7 Å². The van der Waals surface area contributed by atoms with Gasteiger partial charge in [-0.2, -0.15) is 0 Å². The minimum atomic E-state index is -0.298. The molecule has 0 fully saturated rings. The number of hydrogen-bond acceptors (Lipinski definition) is 4. The molecule has 5 nitrogen and oxygen atoms in total. The second kappa shape index (κ2) is 7.37. The molecule has 104 valence electrons. The number of ether oxygens (including phenoxy) is 1. The van der Waals surface area contributed by atoms with Gasteiger partial charge in [-0.25, -0.2) is 5.84 Å². The van der Waals surface area contributed by atoms with E-state index in [-0.39, 0.29) is 5.91 Å². The number of nitrogens with one attached hydrogen (secondary N) is 1. The van der Waals surface area contributed by atoms with Crippen molar-refractivity contribution in [1.29, 1.82) is 0 Å². The lowest BCUT2D eigenvalue weighted by Gasteiger charge is -2.05. The molecule has 1 aromatic heterocycles. The second-order valence-corrected chi connectivity index (χ2v) is 4.29. The zero-order chi connectivity index (χ0) is 14.2. The van der Waals surface area contributed by atoms with E-state index in [1.807, 2.05) is 30.3 Å². The van der Waals surface area contributed by atoms with Gasteiger partial charge in [0.1, 0.15) is 0 Å². The first-order valence-electron chi connectivity index (χ1n) is 6.37. The molecule has 1 amide bonds. The average Bonchev–Trinajstić information content (AvgIpc) is 2.52. The zero-order valence-electron chi connectivity index (χ0n) is 11.1. The second-order valence-electron chi connectivity index (χ2n) is 4.29. The van der Waals surface area contributed by atoms with Gasteiger partial charge in [-0.3, -0.25) is 15.2 Å². The third-order valence-corrected chi connectivity index (χ3v) is 2.84. The maximum absolute atomic E-state index is 11.3. The van der Waals surface area contributed by atoms with Crippen molar-refractivity contribution in [3.8, 4) is 0 Å². The van der Waals surface area contributed by atoms with E-state index in [1.54, 1.807) is 18.3 Å². The Hall–Kier alpha value is -2.24. The Kier molecular flexibility index (Phi) is 5.23. The van der Waals surface area contributed by atoms with Crippen LogP contribution in [0.15, 0.2) is 48.7 Å². The number of hydrogen-bond donors (Lipinski definition) is 2. The Bertz CT molecular complexity index is 541. The number of benzene rings is 1. The van der Waals surface area contributed by atoms with Gasteiger partial charge in [0.05, 0.1) is 13.2 Å². The van der Waals surface area contributed by atoms with Crippen molar-refractivity contribution in [2.45, 2.75) is 13.0 Å². The van der Waals surface area contributed by atoms with Crippen LogP contribution in [0.25, 0.3) is 0 Å². The Labute approximate surface area is 117 Å². The molecule has 0 saturated heterocycles. The summed E-state index contributed by atoms with van der Waals surface area (Å²) in [7, 11) is 0. The standard InChI is InChI=1S/C15H17N3O2/c16-18-15(19)13-6-4-12(5-7-13)11-20-10-8-14-3-1-2-9-17-14/h1-7,9H,8,10-11,16H2,(H,18,19). The number of carbonyl (C=O) groups is 1. The molecule has 0 bridgehead atoms. The minimum absolute atomic E-state index is 0.298. The number of hydrazine groups is 1. The molecule has 1 aromatic carbocycles. The molecule has 0 saturated carbocycles. The number of nitrogens with two attached hydrogens (primary N) is 1. The highest BCUT2D eigenvalue weighted by molar-refractivity contribution is 5.93. The number of nitrogens with zero attached hydrogens (tertiary/aromatic N) is 1. The lowest BCUT2D eigenvalue weighted by atomic mass is 10.1. The smallest absolute Gasteiger partial charge is 0.265 e. The van der Waals surface area contributed by atoms with E-state index < -0.39 is 0 Å². The van der Waals surface area contributed by atoms with Crippen LogP contribution in [-0.4, -0.2) is 17.5 Å². The van der Waals surface area contributed by atoms with Gasteiger partial charge < -0.3 is 4.74 Å². The maximum atomic E-state index is 11.3. The van der Waals surface area contributed by atoms with Gasteiger partial charge in [-0.05, 0) is 29.8 Å². The molecule has 20 heavy (non-hydrogen) atoms. The van der Waals surface area contributed by atoms with Gasteiger partial charge in [0.2, 0.25) is 0 Å². The quantitative estimate of drug-likeness (QED) is 0.361. The Morgan fingerprint density at radius 2 is 2.00 bits per heavy atom. The van der Waals surface area contributed by atoms with Crippen molar-refractivity contribution >= 4 is 5.91 Å². The molecule has 1 heterocycles. The molecule has 5 heteroatoms. The summed E-state index contributed by atoms with van der Waals surface area (Å²) in [4.78, 5) is 15.5. The van der Waals surface area contributed by atoms with Crippen molar-refractivity contribution in [3.05, 3.63) is 65.5 Å². The van der Waals surface area contributed by atoms with Crippen LogP contribution >= 0.6 is 0 Å². The first-order valence-corrected chi connectivity index (χ1v) is 6.37. The average molecular weight is 271 g/mol. The minimum Gasteiger partial charge on any atom is -0.376 e. The highest BCUT2D eigenvalue weighted by Gasteiger charge is 2.02. The summed E-state index contributed by atoms with van der Waals surface area (Å²) >= 11 is 0. The monoisotopic (exact) mass is 271 g/mol. The molecular formula is C15H17N3O2. The highest BCUT2D eigenvalue weighted by Crippen LogP contribution is 2.06. The summed E-state index contributed by atoms with van der Waals surface area (Å²) in [6.07, 6.45) is 2.56. The molecule has 0 spiro atoms. The lowest BCUT2D eigenvalue weighted by molar-refractivity contribution is 0.0953. The maximum Gasteiger partial charge on any atom is 0.265 e. The number of aromatic nitrogens is 1. The molecule has 3 N–H and O–H groups in total. The van der Waals surface area contributed by atoms with Crippen molar-refractivity contribution in [2.75, 3.05) is 6.61 Å². The van der Waals surface area contributed by atoms with Crippen LogP contribution in [0.5, 0.6) is 0 Å². The number of carbonyl (C=O) groups excluding carboxylic acids is 1. The summed E-state index contributed by atoms with van der Waals surface area (Å²) in [5, 5.41) is 0. The summed E-state index contributed by atoms with van der Waals surface area (Å²) in [5.74, 6) is 4.77. The molecule has 2 aromatic rings. The fraction of sp³-hybridized carbons (Fsp3) is 0.200.